The standard InChI is InChI=1S/C25H30N4O4S2/c1-5-29-22(16(4)33-18-12-8-7-10-15(18)3)27-28-25(29)34-14-20(30)26-23-21(24(31)32-6-2)17-11-9-13-19(17)35-23/h7-8,10,12,16H,5-6,9,11,13-14H2,1-4H3,(H,26,30). The normalized spacial score (nSPS) is 13.4. The van der Waals surface area contributed by atoms with Gasteiger partial charge in [0.2, 0.25) is 5.91 Å². The molecule has 2 aromatic heterocycles. The highest BCUT2D eigenvalue weighted by molar-refractivity contribution is 7.99. The zero-order valence-corrected chi connectivity index (χ0v) is 22.1. The van der Waals surface area contributed by atoms with Crippen LogP contribution in [0.25, 0.3) is 0 Å². The quantitative estimate of drug-likeness (QED) is 0.293. The van der Waals surface area contributed by atoms with Crippen molar-refractivity contribution in [3.05, 3.63) is 51.7 Å². The van der Waals surface area contributed by atoms with E-state index in [-0.39, 0.29) is 23.7 Å². The van der Waals surface area contributed by atoms with E-state index in [4.69, 9.17) is 9.47 Å². The molecule has 1 atom stereocenters. The molecule has 0 bridgehead atoms. The Balaban J connectivity index is 1.42. The van der Waals surface area contributed by atoms with Crippen molar-refractivity contribution in [3.8, 4) is 5.75 Å². The number of nitrogens with zero attached hydrogens (tertiary/aromatic N) is 3. The summed E-state index contributed by atoms with van der Waals surface area (Å²) in [5.74, 6) is 1.10. The summed E-state index contributed by atoms with van der Waals surface area (Å²) in [7, 11) is 0. The molecule has 3 aromatic rings. The highest BCUT2D eigenvalue weighted by Crippen LogP contribution is 2.39. The monoisotopic (exact) mass is 514 g/mol. The fourth-order valence-corrected chi connectivity index (χ4v) is 6.24. The maximum absolute atomic E-state index is 12.8. The van der Waals surface area contributed by atoms with Crippen LogP contribution in [0.3, 0.4) is 0 Å². The number of benzene rings is 1. The number of para-hydroxylation sites is 1. The molecule has 1 aliphatic carbocycles. The lowest BCUT2D eigenvalue weighted by Crippen LogP contribution is -2.17. The second-order valence-electron chi connectivity index (χ2n) is 8.23. The third-order valence-electron chi connectivity index (χ3n) is 5.81. The van der Waals surface area contributed by atoms with E-state index in [0.717, 1.165) is 41.0 Å². The number of anilines is 1. The van der Waals surface area contributed by atoms with Gasteiger partial charge in [-0.05, 0) is 64.2 Å². The Labute approximate surface area is 213 Å². The first kappa shape index (κ1) is 25.2. The fraction of sp³-hybridized carbons (Fsp3) is 0.440. The van der Waals surface area contributed by atoms with Gasteiger partial charge in [-0.2, -0.15) is 0 Å². The number of carbonyl (C=O) groups excluding carboxylic acids is 2. The summed E-state index contributed by atoms with van der Waals surface area (Å²) < 4.78 is 13.3. The van der Waals surface area contributed by atoms with Crippen molar-refractivity contribution >= 4 is 40.0 Å². The van der Waals surface area contributed by atoms with Gasteiger partial charge >= 0.3 is 5.97 Å². The van der Waals surface area contributed by atoms with E-state index in [1.54, 1.807) is 6.92 Å². The predicted molar refractivity (Wildman–Crippen MR) is 138 cm³/mol. The molecule has 4 rings (SSSR count). The molecule has 1 aromatic carbocycles. The van der Waals surface area contributed by atoms with Gasteiger partial charge in [-0.15, -0.1) is 21.5 Å². The Morgan fingerprint density at radius 1 is 1.23 bits per heavy atom. The molecule has 1 unspecified atom stereocenters. The summed E-state index contributed by atoms with van der Waals surface area (Å²) in [6.45, 7) is 8.69. The van der Waals surface area contributed by atoms with Crippen LogP contribution in [-0.4, -0.2) is 39.0 Å². The average Bonchev–Trinajstić information content (AvgIpc) is 3.53. The van der Waals surface area contributed by atoms with Crippen LogP contribution < -0.4 is 10.1 Å². The van der Waals surface area contributed by atoms with Gasteiger partial charge in [-0.1, -0.05) is 30.0 Å². The van der Waals surface area contributed by atoms with Crippen molar-refractivity contribution in [3.63, 3.8) is 0 Å². The summed E-state index contributed by atoms with van der Waals surface area (Å²) in [5.41, 5.74) is 2.59. The summed E-state index contributed by atoms with van der Waals surface area (Å²) in [5, 5.41) is 12.8. The Morgan fingerprint density at radius 3 is 2.77 bits per heavy atom. The summed E-state index contributed by atoms with van der Waals surface area (Å²) in [6, 6.07) is 7.85. The highest BCUT2D eigenvalue weighted by atomic mass is 32.2. The number of fused-ring (bicyclic) bond motifs is 1. The minimum atomic E-state index is -0.368. The number of hydrogen-bond donors (Lipinski definition) is 1. The number of esters is 1. The number of amides is 1. The van der Waals surface area contributed by atoms with Crippen LogP contribution in [0.15, 0.2) is 29.4 Å². The van der Waals surface area contributed by atoms with Crippen LogP contribution in [0.1, 0.15) is 65.5 Å². The van der Waals surface area contributed by atoms with Gasteiger partial charge in [0.15, 0.2) is 17.1 Å². The lowest BCUT2D eigenvalue weighted by atomic mass is 10.1. The molecule has 0 aliphatic heterocycles. The summed E-state index contributed by atoms with van der Waals surface area (Å²) in [6.07, 6.45) is 2.50. The summed E-state index contributed by atoms with van der Waals surface area (Å²) in [4.78, 5) is 26.5. The van der Waals surface area contributed by atoms with Gasteiger partial charge in [-0.3, -0.25) is 4.79 Å². The second kappa shape index (κ2) is 11.3. The molecule has 0 spiro atoms. The van der Waals surface area contributed by atoms with E-state index in [9.17, 15) is 9.59 Å². The molecule has 0 saturated heterocycles. The van der Waals surface area contributed by atoms with Gasteiger partial charge < -0.3 is 19.4 Å². The van der Waals surface area contributed by atoms with Crippen LogP contribution in [0, 0.1) is 6.92 Å². The van der Waals surface area contributed by atoms with Crippen LogP contribution in [-0.2, 0) is 28.9 Å². The SMILES string of the molecule is CCOC(=O)c1c(NC(=O)CSc2nnc(C(C)Oc3ccccc3C)n2CC)sc2c1CCC2. The van der Waals surface area contributed by atoms with E-state index in [1.807, 2.05) is 49.6 Å². The van der Waals surface area contributed by atoms with Crippen molar-refractivity contribution in [2.75, 3.05) is 17.7 Å². The van der Waals surface area contributed by atoms with Crippen LogP contribution in [0.4, 0.5) is 5.00 Å². The third kappa shape index (κ3) is 5.54. The molecule has 2 heterocycles. The molecule has 35 heavy (non-hydrogen) atoms. The van der Waals surface area contributed by atoms with Crippen molar-refractivity contribution < 1.29 is 19.1 Å². The first-order chi connectivity index (χ1) is 16.9. The van der Waals surface area contributed by atoms with Crippen LogP contribution >= 0.6 is 23.1 Å². The molecule has 1 N–H and O–H groups in total. The number of thiophene rings is 1. The lowest BCUT2D eigenvalue weighted by Gasteiger charge is -2.17. The van der Waals surface area contributed by atoms with E-state index in [1.165, 1.54) is 23.1 Å². The number of aryl methyl sites for hydroxylation is 2. The number of ether oxygens (including phenoxy) is 2. The number of thioether (sulfide) groups is 1. The Hall–Kier alpha value is -2.85. The maximum atomic E-state index is 12.8. The topological polar surface area (TPSA) is 95.3 Å². The minimum Gasteiger partial charge on any atom is -0.482 e. The van der Waals surface area contributed by atoms with Crippen molar-refractivity contribution in [1.29, 1.82) is 0 Å². The summed E-state index contributed by atoms with van der Waals surface area (Å²) >= 11 is 2.79. The smallest absolute Gasteiger partial charge is 0.341 e. The number of rotatable bonds is 10. The van der Waals surface area contributed by atoms with E-state index in [0.29, 0.717) is 34.7 Å². The largest absolute Gasteiger partial charge is 0.482 e. The maximum Gasteiger partial charge on any atom is 0.341 e. The molecule has 1 amide bonds. The molecular formula is C25H30N4O4S2. The number of carbonyl (C=O) groups is 2. The van der Waals surface area contributed by atoms with Crippen molar-refractivity contribution in [2.45, 2.75) is 64.8 Å². The number of nitrogens with one attached hydrogen (secondary N) is 1. The molecule has 0 radical (unpaired) electrons. The highest BCUT2D eigenvalue weighted by Gasteiger charge is 2.28. The first-order valence-electron chi connectivity index (χ1n) is 11.8. The van der Waals surface area contributed by atoms with Crippen molar-refractivity contribution in [2.24, 2.45) is 0 Å². The van der Waals surface area contributed by atoms with E-state index in [2.05, 4.69) is 15.5 Å². The Bertz CT molecular complexity index is 1220. The molecule has 10 heteroatoms. The molecular weight excluding hydrogens is 484 g/mol. The molecule has 186 valence electrons. The lowest BCUT2D eigenvalue weighted by molar-refractivity contribution is -0.113. The van der Waals surface area contributed by atoms with Gasteiger partial charge in [-0.25, -0.2) is 4.79 Å². The van der Waals surface area contributed by atoms with Gasteiger partial charge in [0, 0.05) is 11.4 Å². The second-order valence-corrected chi connectivity index (χ2v) is 10.3. The van der Waals surface area contributed by atoms with Gasteiger partial charge in [0.25, 0.3) is 0 Å². The predicted octanol–water partition coefficient (Wildman–Crippen LogP) is 5.20. The molecule has 1 aliphatic rings. The zero-order chi connectivity index (χ0) is 24.9. The van der Waals surface area contributed by atoms with E-state index < -0.39 is 0 Å². The molecule has 0 fully saturated rings. The minimum absolute atomic E-state index is 0.149. The van der Waals surface area contributed by atoms with Gasteiger partial charge in [0.05, 0.1) is 17.9 Å². The Morgan fingerprint density at radius 2 is 2.03 bits per heavy atom. The van der Waals surface area contributed by atoms with Crippen LogP contribution in [0.5, 0.6) is 5.75 Å². The third-order valence-corrected chi connectivity index (χ3v) is 7.98. The average molecular weight is 515 g/mol. The molecule has 8 nitrogen and oxygen atoms in total. The number of aromatic nitrogens is 3. The van der Waals surface area contributed by atoms with Crippen LogP contribution in [0.2, 0.25) is 0 Å². The molecule has 0 saturated carbocycles. The van der Waals surface area contributed by atoms with E-state index >= 15 is 0 Å². The zero-order valence-electron chi connectivity index (χ0n) is 20.4. The fourth-order valence-electron chi connectivity index (χ4n) is 4.14. The van der Waals surface area contributed by atoms with Gasteiger partial charge in [0.1, 0.15) is 10.8 Å². The first-order valence-corrected chi connectivity index (χ1v) is 13.6. The number of hydrogen-bond acceptors (Lipinski definition) is 8. The van der Waals surface area contributed by atoms with Crippen molar-refractivity contribution in [1.82, 2.24) is 14.8 Å². The Kier molecular flexibility index (Phi) is 8.12.